The van der Waals surface area contributed by atoms with Crippen LogP contribution >= 0.6 is 0 Å². The van der Waals surface area contributed by atoms with Crippen molar-refractivity contribution in [1.82, 2.24) is 14.7 Å². The Bertz CT molecular complexity index is 673. The number of nitro benzene ring substituents is 1. The summed E-state index contributed by atoms with van der Waals surface area (Å²) in [6.45, 7) is 9.08. The molecule has 2 fully saturated rings. The summed E-state index contributed by atoms with van der Waals surface area (Å²) in [5, 5.41) is 11.0. The molecule has 7 heteroatoms. The van der Waals surface area contributed by atoms with E-state index in [9.17, 15) is 14.9 Å². The molecule has 2 saturated heterocycles. The van der Waals surface area contributed by atoms with Crippen LogP contribution in [0.1, 0.15) is 44.7 Å². The first-order valence-electron chi connectivity index (χ1n) is 9.96. The number of non-ortho nitro benzene ring substituents is 1. The van der Waals surface area contributed by atoms with Gasteiger partial charge in [0, 0.05) is 56.9 Å². The predicted molar refractivity (Wildman–Crippen MR) is 105 cm³/mol. The minimum atomic E-state index is -0.346. The molecule has 2 atom stereocenters. The van der Waals surface area contributed by atoms with Gasteiger partial charge in [-0.2, -0.15) is 0 Å². The number of hydrogen-bond donors (Lipinski definition) is 0. The molecule has 0 bridgehead atoms. The van der Waals surface area contributed by atoms with E-state index >= 15 is 0 Å². The fourth-order valence-corrected chi connectivity index (χ4v) is 4.17. The van der Waals surface area contributed by atoms with E-state index in [0.29, 0.717) is 12.6 Å². The lowest BCUT2D eigenvalue weighted by atomic mass is 10.0. The van der Waals surface area contributed by atoms with Crippen LogP contribution in [0, 0.1) is 10.1 Å². The molecular weight excluding hydrogens is 344 g/mol. The molecule has 27 heavy (non-hydrogen) atoms. The van der Waals surface area contributed by atoms with Crippen molar-refractivity contribution in [2.75, 3.05) is 39.3 Å². The van der Waals surface area contributed by atoms with E-state index in [1.165, 1.54) is 12.5 Å². The van der Waals surface area contributed by atoms with E-state index in [1.807, 2.05) is 11.0 Å². The third-order valence-electron chi connectivity index (χ3n) is 6.00. The average molecular weight is 374 g/mol. The zero-order valence-corrected chi connectivity index (χ0v) is 16.3. The Morgan fingerprint density at radius 1 is 1.22 bits per heavy atom. The molecule has 0 aliphatic carbocycles. The Morgan fingerprint density at radius 2 is 1.96 bits per heavy atom. The van der Waals surface area contributed by atoms with Gasteiger partial charge >= 0.3 is 0 Å². The minimum Gasteiger partial charge on any atom is -0.339 e. The zero-order valence-electron chi connectivity index (χ0n) is 16.3. The van der Waals surface area contributed by atoms with Crippen molar-refractivity contribution in [3.05, 3.63) is 39.9 Å². The van der Waals surface area contributed by atoms with Gasteiger partial charge < -0.3 is 4.90 Å². The number of hydrogen-bond acceptors (Lipinski definition) is 5. The SMILES string of the molecule is C[C@@H]1CCCCN1C(=O)CN1CCN([C@@H](C)c2cccc([N+](=O)[O-])c2)CC1. The van der Waals surface area contributed by atoms with E-state index in [2.05, 4.69) is 23.6 Å². The number of nitrogens with zero attached hydrogens (tertiary/aromatic N) is 4. The molecule has 0 saturated carbocycles. The summed E-state index contributed by atoms with van der Waals surface area (Å²) in [7, 11) is 0. The molecule has 2 heterocycles. The molecule has 1 aromatic carbocycles. The van der Waals surface area contributed by atoms with Crippen LogP contribution in [0.4, 0.5) is 5.69 Å². The first kappa shape index (κ1) is 19.8. The third kappa shape index (κ3) is 4.84. The Balaban J connectivity index is 1.51. The van der Waals surface area contributed by atoms with Gasteiger partial charge in [0.25, 0.3) is 5.69 Å². The largest absolute Gasteiger partial charge is 0.339 e. The summed E-state index contributed by atoms with van der Waals surface area (Å²) in [5.41, 5.74) is 1.11. The number of benzene rings is 1. The molecule has 0 radical (unpaired) electrons. The summed E-state index contributed by atoms with van der Waals surface area (Å²) in [4.78, 5) is 29.9. The van der Waals surface area contributed by atoms with Crippen molar-refractivity contribution < 1.29 is 9.72 Å². The van der Waals surface area contributed by atoms with E-state index in [0.717, 1.165) is 51.1 Å². The summed E-state index contributed by atoms with van der Waals surface area (Å²) in [6, 6.07) is 7.38. The van der Waals surface area contributed by atoms with Gasteiger partial charge in [0.2, 0.25) is 5.91 Å². The highest BCUT2D eigenvalue weighted by Crippen LogP contribution is 2.25. The highest BCUT2D eigenvalue weighted by Gasteiger charge is 2.27. The molecule has 0 unspecified atom stereocenters. The number of carbonyl (C=O) groups is 1. The standard InChI is InChI=1S/C20H30N4O3/c1-16-6-3-4-9-23(16)20(25)15-21-10-12-22(13-11-21)17(2)18-7-5-8-19(14-18)24(26)27/h5,7-8,14,16-17H,3-4,6,9-13,15H2,1-2H3/t16-,17+/m1/s1. The average Bonchev–Trinajstić information content (AvgIpc) is 2.68. The number of piperazine rings is 1. The second-order valence-electron chi connectivity index (χ2n) is 7.77. The van der Waals surface area contributed by atoms with Crippen molar-refractivity contribution in [3.8, 4) is 0 Å². The maximum atomic E-state index is 12.6. The van der Waals surface area contributed by atoms with Crippen LogP contribution < -0.4 is 0 Å². The summed E-state index contributed by atoms with van der Waals surface area (Å²) >= 11 is 0. The number of nitro groups is 1. The van der Waals surface area contributed by atoms with Gasteiger partial charge in [-0.25, -0.2) is 0 Å². The van der Waals surface area contributed by atoms with Crippen LogP contribution in [0.2, 0.25) is 0 Å². The Labute approximate surface area is 161 Å². The monoisotopic (exact) mass is 374 g/mol. The van der Waals surface area contributed by atoms with Gasteiger partial charge in [0.15, 0.2) is 0 Å². The number of amides is 1. The zero-order chi connectivity index (χ0) is 19.4. The predicted octanol–water partition coefficient (Wildman–Crippen LogP) is 2.67. The number of piperidine rings is 1. The molecule has 2 aliphatic rings. The van der Waals surface area contributed by atoms with E-state index < -0.39 is 0 Å². The first-order chi connectivity index (χ1) is 13.0. The molecule has 3 rings (SSSR count). The third-order valence-corrected chi connectivity index (χ3v) is 6.00. The number of rotatable bonds is 5. The van der Waals surface area contributed by atoms with Gasteiger partial charge in [0.05, 0.1) is 11.5 Å². The minimum absolute atomic E-state index is 0.130. The quantitative estimate of drug-likeness (QED) is 0.585. The summed E-state index contributed by atoms with van der Waals surface area (Å²) in [6.07, 6.45) is 3.45. The highest BCUT2D eigenvalue weighted by atomic mass is 16.6. The van der Waals surface area contributed by atoms with Gasteiger partial charge in [-0.1, -0.05) is 12.1 Å². The van der Waals surface area contributed by atoms with Crippen molar-refractivity contribution >= 4 is 11.6 Å². The molecule has 0 aromatic heterocycles. The van der Waals surface area contributed by atoms with Crippen LogP contribution in [0.3, 0.4) is 0 Å². The van der Waals surface area contributed by atoms with Gasteiger partial charge in [-0.3, -0.25) is 24.7 Å². The molecule has 1 amide bonds. The molecular formula is C20H30N4O3. The first-order valence-corrected chi connectivity index (χ1v) is 9.96. The Hall–Kier alpha value is -1.99. The van der Waals surface area contributed by atoms with Gasteiger partial charge in [0.1, 0.15) is 0 Å². The number of carbonyl (C=O) groups excluding carboxylic acids is 1. The molecule has 7 nitrogen and oxygen atoms in total. The lowest BCUT2D eigenvalue weighted by Crippen LogP contribution is -2.52. The fourth-order valence-electron chi connectivity index (χ4n) is 4.17. The molecule has 1 aromatic rings. The van der Waals surface area contributed by atoms with Crippen molar-refractivity contribution in [2.24, 2.45) is 0 Å². The van der Waals surface area contributed by atoms with Gasteiger partial charge in [-0.15, -0.1) is 0 Å². The van der Waals surface area contributed by atoms with Crippen molar-refractivity contribution in [2.45, 2.75) is 45.2 Å². The van der Waals surface area contributed by atoms with E-state index in [4.69, 9.17) is 0 Å². The van der Waals surface area contributed by atoms with E-state index in [1.54, 1.807) is 12.1 Å². The van der Waals surface area contributed by atoms with Crippen LogP contribution in [0.15, 0.2) is 24.3 Å². The summed E-state index contributed by atoms with van der Waals surface area (Å²) < 4.78 is 0. The number of likely N-dealkylation sites (tertiary alicyclic amines) is 1. The lowest BCUT2D eigenvalue weighted by Gasteiger charge is -2.39. The van der Waals surface area contributed by atoms with Gasteiger partial charge in [-0.05, 0) is 38.7 Å². The van der Waals surface area contributed by atoms with Crippen LogP contribution in [0.5, 0.6) is 0 Å². The molecule has 0 spiro atoms. The lowest BCUT2D eigenvalue weighted by molar-refractivity contribution is -0.385. The van der Waals surface area contributed by atoms with Crippen molar-refractivity contribution in [3.63, 3.8) is 0 Å². The van der Waals surface area contributed by atoms with Crippen molar-refractivity contribution in [1.29, 1.82) is 0 Å². The van der Waals surface area contributed by atoms with E-state index in [-0.39, 0.29) is 22.6 Å². The normalized spacial score (nSPS) is 23.2. The molecule has 0 N–H and O–H groups in total. The van der Waals surface area contributed by atoms with Crippen LogP contribution in [-0.4, -0.2) is 70.8 Å². The Kier molecular flexibility index (Phi) is 6.44. The second kappa shape index (κ2) is 8.80. The topological polar surface area (TPSA) is 69.9 Å². The molecule has 2 aliphatic heterocycles. The fraction of sp³-hybridized carbons (Fsp3) is 0.650. The van der Waals surface area contributed by atoms with Crippen LogP contribution in [-0.2, 0) is 4.79 Å². The van der Waals surface area contributed by atoms with Crippen LogP contribution in [0.25, 0.3) is 0 Å². The maximum Gasteiger partial charge on any atom is 0.269 e. The maximum absolute atomic E-state index is 12.6. The highest BCUT2D eigenvalue weighted by molar-refractivity contribution is 5.78. The Morgan fingerprint density at radius 3 is 2.63 bits per heavy atom. The second-order valence-corrected chi connectivity index (χ2v) is 7.77. The smallest absolute Gasteiger partial charge is 0.269 e. The summed E-state index contributed by atoms with van der Waals surface area (Å²) in [5.74, 6) is 0.252. The molecule has 148 valence electrons.